The van der Waals surface area contributed by atoms with Crippen LogP contribution in [0.5, 0.6) is 0 Å². The summed E-state index contributed by atoms with van der Waals surface area (Å²) in [5.74, 6) is -6.67. The smallest absolute Gasteiger partial charge is 0.411 e. The lowest BCUT2D eigenvalue weighted by Crippen LogP contribution is -2.46. The van der Waals surface area contributed by atoms with Crippen molar-refractivity contribution in [2.75, 3.05) is 81.3 Å². The molecule has 4 aromatic carbocycles. The van der Waals surface area contributed by atoms with Gasteiger partial charge in [0.2, 0.25) is 11.8 Å². The van der Waals surface area contributed by atoms with Crippen molar-refractivity contribution in [1.29, 1.82) is 0 Å². The first-order chi connectivity index (χ1) is 56.3. The lowest BCUT2D eigenvalue weighted by atomic mass is 10.1. The van der Waals surface area contributed by atoms with E-state index in [2.05, 4.69) is 26.6 Å². The quantitative estimate of drug-likeness (QED) is 0.0306. The predicted molar refractivity (Wildman–Crippen MR) is 463 cm³/mol. The van der Waals surface area contributed by atoms with Crippen molar-refractivity contribution in [2.45, 2.75) is 260 Å². The number of carboxylic acid groups (broad SMARTS) is 5. The molecule has 5 aliphatic heterocycles. The van der Waals surface area contributed by atoms with Crippen molar-refractivity contribution in [1.82, 2.24) is 29.8 Å². The van der Waals surface area contributed by atoms with Crippen molar-refractivity contribution in [2.24, 2.45) is 11.5 Å². The number of likely N-dealkylation sites (tertiary alicyclic amines) is 5. The van der Waals surface area contributed by atoms with E-state index in [1.54, 1.807) is 104 Å². The molecule has 6 amide bonds. The first-order valence-electron chi connectivity index (χ1n) is 39.5. The zero-order chi connectivity index (χ0) is 91.5. The number of carbonyl (C=O) groups excluding carboxylic acids is 8. The molecule has 0 bridgehead atoms. The monoisotopic (exact) mass is 1740 g/mol. The Bertz CT molecular complexity index is 3900. The number of aliphatic carboxylic acids is 5. The molecule has 123 heavy (non-hydrogen) atoms. The van der Waals surface area contributed by atoms with Crippen LogP contribution in [0.3, 0.4) is 0 Å². The summed E-state index contributed by atoms with van der Waals surface area (Å²) >= 11 is 0. The predicted octanol–water partition coefficient (Wildman–Crippen LogP) is 11.1. The molecule has 4 aromatic rings. The van der Waals surface area contributed by atoms with Crippen LogP contribution < -0.4 is 38.1 Å². The van der Waals surface area contributed by atoms with Crippen LogP contribution in [0, 0.1) is 0 Å². The molecule has 0 saturated carbocycles. The number of para-hydroxylation sites is 4. The molecule has 5 fully saturated rings. The van der Waals surface area contributed by atoms with Crippen LogP contribution in [0.2, 0.25) is 0 Å². The fraction of sp³-hybridized carbons (Fsp3) is 0.570. The molecular formula is C86H135FN12O24. The van der Waals surface area contributed by atoms with E-state index in [1.807, 2.05) is 121 Å². The first-order valence-corrected chi connectivity index (χ1v) is 38.8. The van der Waals surface area contributed by atoms with Crippen LogP contribution >= 0.6 is 0 Å². The van der Waals surface area contributed by atoms with E-state index >= 15 is 0 Å². The number of methoxy groups -OCH3 is 1. The Labute approximate surface area is 723 Å². The molecule has 5 heterocycles. The van der Waals surface area contributed by atoms with Crippen LogP contribution in [0.25, 0.3) is 0 Å². The number of esters is 2. The molecule has 0 aliphatic carbocycles. The highest BCUT2D eigenvalue weighted by Crippen LogP contribution is 2.29. The molecule has 0 aromatic heterocycles. The Hall–Kier alpha value is -11.8. The Balaban J connectivity index is 0.00000147. The Morgan fingerprint density at radius 3 is 0.951 bits per heavy atom. The summed E-state index contributed by atoms with van der Waals surface area (Å²) in [6.45, 7) is 27.3. The Morgan fingerprint density at radius 1 is 0.407 bits per heavy atom. The van der Waals surface area contributed by atoms with Gasteiger partial charge in [0.15, 0.2) is 0 Å². The third-order valence-electron chi connectivity index (χ3n) is 17.2. The number of carbonyl (C=O) groups is 13. The lowest BCUT2D eigenvalue weighted by Gasteiger charge is -2.26. The van der Waals surface area contributed by atoms with Crippen molar-refractivity contribution in [3.63, 3.8) is 0 Å². The molecular weight excluding hydrogens is 1600 g/mol. The van der Waals surface area contributed by atoms with E-state index in [9.17, 15) is 76.9 Å². The molecule has 37 heteroatoms. The number of amides is 6. The molecule has 36 nitrogen and oxygen atoms in total. The SMILES string of the molecule is C.C.C.CC(C)(C)OC(=O)CCC(=O)O.CC(C)(C)OC(=O)N1C[C@H](N)C[C@H]1C(=O)O.CC(C)(C)OC(=O)N1C[C@H](Nc2ccccc2)C[C@H]1C(=O)O.CC(C)(C)OC(=O)N1C[C@H](Nc2ccccc2)C[C@H]1C(=O)O.COC(=O)[C@@H]1C[C@@H](Nc2ccccc2)CN1C(=O)CNC(=O)OC(C)(C)C.NCC(=O)N1C[C@H](Nc2ccccc2)C[C@H]1C(=O)O.[2H]CF. The number of alkyl carbamates (subject to hydrolysis) is 1. The number of halogens is 1. The van der Waals surface area contributed by atoms with Gasteiger partial charge in [-0.2, -0.15) is 0 Å². The summed E-state index contributed by atoms with van der Waals surface area (Å²) in [4.78, 5) is 156. The van der Waals surface area contributed by atoms with Crippen LogP contribution in [-0.2, 0) is 71.6 Å². The van der Waals surface area contributed by atoms with Gasteiger partial charge >= 0.3 is 66.2 Å². The fourth-order valence-corrected chi connectivity index (χ4v) is 12.4. The molecule has 14 N–H and O–H groups in total. The standard InChI is InChI=1S/C19H27N3O5.2C16H22N2O4.C13H17N3O3.C10H18N2O4.C8H14O4.CH3F.3CH4/c1-19(2,3)27-18(25)20-11-16(23)22-12-14(10-15(22)17(24)26-4)21-13-8-6-5-7-9-13;2*1-16(2,3)22-15(21)18-10-12(9-13(18)14(19)20)17-11-7-5-4-6-8-11;14-7-12(17)16-8-10(6-11(16)13(18)19)15-9-4-2-1-3-5-9;1-10(2,3)16-9(15)12-5-6(11)4-7(12)8(13)14;1-8(2,3)12-7(11)5-4-6(9)10;1-2;;;/h5-9,14-15,21H,10-12H2,1-4H3,(H,20,25);2*4-8,12-13,17H,9-10H2,1-3H3,(H,19,20);1-5,10-11,15H,6-8,14H2,(H,18,19);6-7H,4-5,11H2,1-3H3,(H,13,14);4-5H2,1-3H3,(H,9,10);1H3;3*1H4/t14-,15+;2*12-,13+;10-,11+;6-,7+;;;;;/m11111...../s1/i;;;;;;1D;;;. The van der Waals surface area contributed by atoms with Gasteiger partial charge in [-0.3, -0.25) is 38.3 Å². The molecule has 690 valence electrons. The highest BCUT2D eigenvalue weighted by Gasteiger charge is 2.46. The van der Waals surface area contributed by atoms with Gasteiger partial charge < -0.3 is 102 Å². The van der Waals surface area contributed by atoms with Gasteiger partial charge in [-0.15, -0.1) is 0 Å². The first kappa shape index (κ1) is 109. The van der Waals surface area contributed by atoms with Crippen molar-refractivity contribution >= 4 is 101 Å². The number of anilines is 4. The average molecular weight is 1740 g/mol. The number of alkyl halides is 1. The third-order valence-corrected chi connectivity index (χ3v) is 17.2. The topological polar surface area (TPSA) is 507 Å². The number of hydrogen-bond donors (Lipinski definition) is 12. The summed E-state index contributed by atoms with van der Waals surface area (Å²) in [6.07, 6.45) is -0.912. The molecule has 5 aliphatic rings. The zero-order valence-electron chi connectivity index (χ0n) is 72.2. The largest absolute Gasteiger partial charge is 0.481 e. The maximum Gasteiger partial charge on any atom is 0.411 e. The molecule has 0 unspecified atom stereocenters. The minimum absolute atomic E-state index is 0. The second-order valence-corrected chi connectivity index (χ2v) is 33.3. The lowest BCUT2D eigenvalue weighted by molar-refractivity contribution is -0.157. The van der Waals surface area contributed by atoms with Gasteiger partial charge in [-0.1, -0.05) is 95.1 Å². The maximum absolute atomic E-state index is 12.6. The summed E-state index contributed by atoms with van der Waals surface area (Å²) in [7, 11) is 0.294. The Kier molecular flexibility index (Phi) is 46.1. The molecule has 9 rings (SSSR count). The van der Waals surface area contributed by atoms with Crippen molar-refractivity contribution in [3.05, 3.63) is 121 Å². The number of nitrogens with two attached hydrogens (primary N) is 2. The normalized spacial score (nSPS) is 19.9. The molecule has 5 saturated heterocycles. The number of hydrogen-bond acceptors (Lipinski definition) is 25. The van der Waals surface area contributed by atoms with Crippen LogP contribution in [0.15, 0.2) is 121 Å². The van der Waals surface area contributed by atoms with Gasteiger partial charge in [-0.25, -0.2) is 43.2 Å². The van der Waals surface area contributed by atoms with E-state index in [-0.39, 0.29) is 103 Å². The number of nitrogens with one attached hydrogen (secondary N) is 5. The van der Waals surface area contributed by atoms with Crippen molar-refractivity contribution in [3.8, 4) is 0 Å². The summed E-state index contributed by atoms with van der Waals surface area (Å²) < 4.78 is 46.1. The van der Waals surface area contributed by atoms with Gasteiger partial charge in [0.05, 0.1) is 35.0 Å². The summed E-state index contributed by atoms with van der Waals surface area (Å²) in [6, 6.07) is 33.4. The maximum atomic E-state index is 12.6. The van der Waals surface area contributed by atoms with Gasteiger partial charge in [0, 0.05) is 111 Å². The second kappa shape index (κ2) is 51.9. The minimum atomic E-state index is -1.04. The van der Waals surface area contributed by atoms with E-state index in [1.165, 1.54) is 31.6 Å². The zero-order valence-corrected chi connectivity index (χ0v) is 71.2. The number of carboxylic acids is 5. The molecule has 0 spiro atoms. The van der Waals surface area contributed by atoms with E-state index in [0.717, 1.165) is 22.7 Å². The third kappa shape index (κ3) is 42.1. The van der Waals surface area contributed by atoms with E-state index in [0.29, 0.717) is 51.9 Å². The summed E-state index contributed by atoms with van der Waals surface area (Å²) in [5.41, 5.74) is 11.5. The number of rotatable bonds is 19. The summed E-state index contributed by atoms with van der Waals surface area (Å²) in [5, 5.41) is 60.5. The van der Waals surface area contributed by atoms with E-state index < -0.39 is 132 Å². The van der Waals surface area contributed by atoms with Crippen LogP contribution in [0.4, 0.5) is 46.3 Å². The average Bonchev–Trinajstić information content (AvgIpc) is 1.70. The number of benzene rings is 4. The Morgan fingerprint density at radius 2 is 0.675 bits per heavy atom. The van der Waals surface area contributed by atoms with Crippen LogP contribution in [-0.4, -0.2) is 277 Å². The molecule has 0 radical (unpaired) electrons. The highest BCUT2D eigenvalue weighted by atomic mass is 19.1. The van der Waals surface area contributed by atoms with Gasteiger partial charge in [0.1, 0.15) is 64.8 Å². The second-order valence-electron chi connectivity index (χ2n) is 33.3. The van der Waals surface area contributed by atoms with Gasteiger partial charge in [0.25, 0.3) is 0 Å². The molecule has 10 atom stereocenters. The fourth-order valence-electron chi connectivity index (χ4n) is 12.4. The van der Waals surface area contributed by atoms with Crippen molar-refractivity contribution < 1.29 is 122 Å². The van der Waals surface area contributed by atoms with Gasteiger partial charge in [-0.05, 0) is 159 Å². The van der Waals surface area contributed by atoms with Crippen LogP contribution in [0.1, 0.15) is 172 Å². The van der Waals surface area contributed by atoms with E-state index in [4.69, 9.17) is 56.6 Å². The number of ether oxygens (including phenoxy) is 6. The number of nitrogens with zero attached hydrogens (tertiary/aromatic N) is 5. The minimum Gasteiger partial charge on any atom is -0.481 e. The highest BCUT2D eigenvalue weighted by molar-refractivity contribution is 5.89.